The van der Waals surface area contributed by atoms with Crippen molar-refractivity contribution in [3.63, 3.8) is 0 Å². The van der Waals surface area contributed by atoms with E-state index in [4.69, 9.17) is 0 Å². The Hall–Kier alpha value is -0.570. The van der Waals surface area contributed by atoms with Crippen LogP contribution < -0.4 is 17.1 Å². The number of aryl methyl sites for hydroxylation is 2. The lowest BCUT2D eigenvalue weighted by Gasteiger charge is -1.69. The highest BCUT2D eigenvalue weighted by molar-refractivity contribution is 4.44. The summed E-state index contributed by atoms with van der Waals surface area (Å²) in [6.07, 6.45) is 3.64. The summed E-state index contributed by atoms with van der Waals surface area (Å²) in [6.45, 7) is 0. The molecule has 0 unspecified atom stereocenters. The molecular formula is C4H8ClN3. The Morgan fingerprint density at radius 1 is 1.62 bits per heavy atom. The van der Waals surface area contributed by atoms with Crippen LogP contribution in [0.3, 0.4) is 0 Å². The van der Waals surface area contributed by atoms with Crippen molar-refractivity contribution < 1.29 is 17.1 Å². The number of hydrogen-bond donors (Lipinski definition) is 0. The molecule has 0 aliphatic heterocycles. The first-order chi connectivity index (χ1) is 3.29. The van der Waals surface area contributed by atoms with Crippen LogP contribution in [0.25, 0.3) is 0 Å². The minimum atomic E-state index is 0. The van der Waals surface area contributed by atoms with E-state index in [0.717, 1.165) is 0 Å². The smallest absolute Gasteiger partial charge is 0.265 e. The first-order valence-corrected chi connectivity index (χ1v) is 2.13. The summed E-state index contributed by atoms with van der Waals surface area (Å²) in [5.41, 5.74) is 0. The van der Waals surface area contributed by atoms with Gasteiger partial charge in [-0.3, -0.25) is 0 Å². The van der Waals surface area contributed by atoms with Crippen molar-refractivity contribution in [2.45, 2.75) is 0 Å². The third kappa shape index (κ3) is 1.50. The molecule has 0 bridgehead atoms. The molecule has 0 fully saturated rings. The van der Waals surface area contributed by atoms with Crippen LogP contribution in [0.1, 0.15) is 0 Å². The fourth-order valence-electron chi connectivity index (χ4n) is 0.486. The average molecular weight is 134 g/mol. The predicted octanol–water partition coefficient (Wildman–Crippen LogP) is -3.75. The largest absolute Gasteiger partial charge is 1.00 e. The zero-order chi connectivity index (χ0) is 5.28. The van der Waals surface area contributed by atoms with Crippen molar-refractivity contribution in [3.8, 4) is 0 Å². The van der Waals surface area contributed by atoms with Crippen LogP contribution in [0.15, 0.2) is 12.7 Å². The molecule has 0 atom stereocenters. The molecule has 0 amide bonds. The lowest BCUT2D eigenvalue weighted by atomic mass is 11.1. The molecule has 1 aromatic heterocycles. The zero-order valence-electron chi connectivity index (χ0n) is 4.87. The van der Waals surface area contributed by atoms with Gasteiger partial charge >= 0.3 is 0 Å². The maximum Gasteiger partial charge on any atom is 0.265 e. The molecule has 46 valence electrons. The van der Waals surface area contributed by atoms with Crippen LogP contribution >= 0.6 is 0 Å². The Bertz CT molecular complexity index is 144. The molecule has 0 saturated heterocycles. The average Bonchev–Trinajstić information content (AvgIpc) is 1.87. The maximum absolute atomic E-state index is 3.90. The highest BCUT2D eigenvalue weighted by Gasteiger charge is 1.89. The highest BCUT2D eigenvalue weighted by atomic mass is 35.5. The Morgan fingerprint density at radius 3 is 2.38 bits per heavy atom. The van der Waals surface area contributed by atoms with Gasteiger partial charge in [0.25, 0.3) is 6.33 Å². The predicted molar refractivity (Wildman–Crippen MR) is 24.4 cm³/mol. The van der Waals surface area contributed by atoms with E-state index in [2.05, 4.69) is 5.10 Å². The molecule has 0 aliphatic carbocycles. The van der Waals surface area contributed by atoms with E-state index < -0.39 is 0 Å². The van der Waals surface area contributed by atoms with Gasteiger partial charge in [-0.2, -0.15) is 0 Å². The van der Waals surface area contributed by atoms with Crippen molar-refractivity contribution in [3.05, 3.63) is 12.7 Å². The molecule has 0 spiro atoms. The van der Waals surface area contributed by atoms with Crippen molar-refractivity contribution in [1.29, 1.82) is 0 Å². The second-order valence-electron chi connectivity index (χ2n) is 1.59. The molecule has 3 nitrogen and oxygen atoms in total. The van der Waals surface area contributed by atoms with E-state index >= 15 is 0 Å². The third-order valence-corrected chi connectivity index (χ3v) is 0.765. The summed E-state index contributed by atoms with van der Waals surface area (Å²) < 4.78 is 3.64. The van der Waals surface area contributed by atoms with Crippen LogP contribution in [0.2, 0.25) is 0 Å². The quantitative estimate of drug-likeness (QED) is 0.334. The van der Waals surface area contributed by atoms with Crippen molar-refractivity contribution in [2.75, 3.05) is 0 Å². The molecule has 1 rings (SSSR count). The molecule has 1 aromatic rings. The minimum absolute atomic E-state index is 0. The first-order valence-electron chi connectivity index (χ1n) is 2.13. The zero-order valence-corrected chi connectivity index (χ0v) is 5.63. The van der Waals surface area contributed by atoms with Gasteiger partial charge in [-0.15, -0.1) is 4.68 Å². The van der Waals surface area contributed by atoms with Crippen LogP contribution in [-0.2, 0) is 14.1 Å². The van der Waals surface area contributed by atoms with Crippen molar-refractivity contribution >= 4 is 0 Å². The van der Waals surface area contributed by atoms with E-state index in [-0.39, 0.29) is 12.4 Å². The van der Waals surface area contributed by atoms with Crippen LogP contribution in [-0.4, -0.2) is 9.67 Å². The summed E-state index contributed by atoms with van der Waals surface area (Å²) in [4.78, 5) is 0. The van der Waals surface area contributed by atoms with E-state index in [1.54, 1.807) is 11.0 Å². The van der Waals surface area contributed by atoms with E-state index in [0.29, 0.717) is 0 Å². The minimum Gasteiger partial charge on any atom is -1.00 e. The van der Waals surface area contributed by atoms with Gasteiger partial charge in [0.15, 0.2) is 0 Å². The molecule has 0 saturated carbocycles. The number of halogens is 1. The monoisotopic (exact) mass is 133 g/mol. The van der Waals surface area contributed by atoms with Gasteiger partial charge in [-0.05, 0) is 5.10 Å². The lowest BCUT2D eigenvalue weighted by Crippen LogP contribution is -3.00. The van der Waals surface area contributed by atoms with Crippen molar-refractivity contribution in [1.82, 2.24) is 9.67 Å². The van der Waals surface area contributed by atoms with E-state index in [1.807, 2.05) is 25.0 Å². The molecular weight excluding hydrogens is 126 g/mol. The van der Waals surface area contributed by atoms with Gasteiger partial charge in [0.1, 0.15) is 7.05 Å². The molecule has 0 radical (unpaired) electrons. The summed E-state index contributed by atoms with van der Waals surface area (Å²) >= 11 is 0. The third-order valence-electron chi connectivity index (χ3n) is 0.765. The van der Waals surface area contributed by atoms with Crippen molar-refractivity contribution in [2.24, 2.45) is 14.1 Å². The number of rotatable bonds is 0. The second-order valence-corrected chi connectivity index (χ2v) is 1.59. The standard InChI is InChI=1S/C4H8N3.ClH/c1-6-3-5-7(2)4-6;/h3-4H,1-2H3;1H/q+1;/p-1. The molecule has 8 heavy (non-hydrogen) atoms. The van der Waals surface area contributed by atoms with Crippen LogP contribution in [0.5, 0.6) is 0 Å². The molecule has 0 aliphatic rings. The van der Waals surface area contributed by atoms with Crippen LogP contribution in [0, 0.1) is 0 Å². The number of aromatic nitrogens is 3. The highest BCUT2D eigenvalue weighted by Crippen LogP contribution is 1.64. The summed E-state index contributed by atoms with van der Waals surface area (Å²) in [6, 6.07) is 0. The van der Waals surface area contributed by atoms with Gasteiger partial charge in [-0.1, -0.05) is 0 Å². The topological polar surface area (TPSA) is 21.7 Å². The Balaban J connectivity index is 0.000000490. The molecule has 4 heteroatoms. The lowest BCUT2D eigenvalue weighted by molar-refractivity contribution is -0.728. The van der Waals surface area contributed by atoms with Gasteiger partial charge in [0, 0.05) is 0 Å². The molecule has 0 aromatic carbocycles. The Morgan fingerprint density at radius 2 is 2.25 bits per heavy atom. The SMILES string of the molecule is Cn1cn[n+](C)c1.[Cl-]. The second kappa shape index (κ2) is 2.67. The fourth-order valence-corrected chi connectivity index (χ4v) is 0.486. The molecule has 1 heterocycles. The van der Waals surface area contributed by atoms with E-state index in [9.17, 15) is 0 Å². The van der Waals surface area contributed by atoms with Gasteiger partial charge < -0.3 is 12.4 Å². The normalized spacial score (nSPS) is 8.25. The molecule has 0 N–H and O–H groups in total. The Labute approximate surface area is 54.4 Å². The maximum atomic E-state index is 3.90. The fraction of sp³-hybridized carbons (Fsp3) is 0.500. The number of hydrogen-bond acceptors (Lipinski definition) is 1. The number of nitrogens with zero attached hydrogens (tertiary/aromatic N) is 3. The van der Waals surface area contributed by atoms with Crippen LogP contribution in [0.4, 0.5) is 0 Å². The summed E-state index contributed by atoms with van der Waals surface area (Å²) in [7, 11) is 3.83. The van der Waals surface area contributed by atoms with Gasteiger partial charge in [0.2, 0.25) is 6.33 Å². The Kier molecular flexibility index (Phi) is 2.48. The van der Waals surface area contributed by atoms with Gasteiger partial charge in [0.05, 0.1) is 7.05 Å². The first kappa shape index (κ1) is 7.43. The van der Waals surface area contributed by atoms with E-state index in [1.165, 1.54) is 0 Å². The summed E-state index contributed by atoms with van der Waals surface area (Å²) in [5, 5.41) is 3.90. The van der Waals surface area contributed by atoms with Gasteiger partial charge in [-0.25, -0.2) is 4.57 Å². The summed E-state index contributed by atoms with van der Waals surface area (Å²) in [5.74, 6) is 0.